The van der Waals surface area contributed by atoms with Gasteiger partial charge >= 0.3 is 0 Å². The molecule has 0 amide bonds. The largest absolute Gasteiger partial charge is 0.0921 e. The number of halogens is 4. The summed E-state index contributed by atoms with van der Waals surface area (Å²) in [6, 6.07) is 0. The van der Waals surface area contributed by atoms with Crippen LogP contribution in [0.3, 0.4) is 0 Å². The van der Waals surface area contributed by atoms with Crippen molar-refractivity contribution in [3.05, 3.63) is 0 Å². The molecular formula is C9H10Br4. The summed E-state index contributed by atoms with van der Waals surface area (Å²) < 4.78 is 0.354. The predicted molar refractivity (Wildman–Crippen MR) is 69.5 cm³/mol. The topological polar surface area (TPSA) is 0 Å². The highest BCUT2D eigenvalue weighted by Crippen LogP contribution is 2.86. The summed E-state index contributed by atoms with van der Waals surface area (Å²) in [5, 5.41) is 2.25. The number of rotatable bonds is 2. The lowest BCUT2D eigenvalue weighted by Gasteiger charge is -2.31. The second kappa shape index (κ2) is 2.78. The predicted octanol–water partition coefficient (Wildman–Crippen LogP) is 3.94. The molecule has 0 saturated heterocycles. The molecule has 0 N–H and O–H groups in total. The smallest absolute Gasteiger partial charge is 0.0463 e. The maximum atomic E-state index is 4.01. The van der Waals surface area contributed by atoms with E-state index in [2.05, 4.69) is 63.7 Å². The van der Waals surface area contributed by atoms with Gasteiger partial charge in [-0.1, -0.05) is 63.7 Å². The van der Waals surface area contributed by atoms with Crippen LogP contribution in [-0.2, 0) is 0 Å². The Morgan fingerprint density at radius 1 is 1.15 bits per heavy atom. The molecule has 0 radical (unpaired) electrons. The van der Waals surface area contributed by atoms with Gasteiger partial charge in [0.2, 0.25) is 0 Å². The van der Waals surface area contributed by atoms with E-state index in [1.54, 1.807) is 0 Å². The van der Waals surface area contributed by atoms with Crippen LogP contribution >= 0.6 is 63.7 Å². The van der Waals surface area contributed by atoms with Crippen LogP contribution in [0.4, 0.5) is 0 Å². The Labute approximate surface area is 112 Å². The van der Waals surface area contributed by atoms with Crippen molar-refractivity contribution in [2.75, 3.05) is 10.7 Å². The van der Waals surface area contributed by atoms with Crippen LogP contribution in [-0.4, -0.2) is 19.8 Å². The number of hydrogen-bond acceptors (Lipinski definition) is 0. The molecule has 0 aromatic rings. The van der Waals surface area contributed by atoms with Gasteiger partial charge in [0.25, 0.3) is 0 Å². The van der Waals surface area contributed by atoms with E-state index in [0.29, 0.717) is 9.74 Å². The molecule has 6 atom stereocenters. The molecule has 4 saturated carbocycles. The van der Waals surface area contributed by atoms with Crippen LogP contribution in [0.2, 0.25) is 0 Å². The van der Waals surface area contributed by atoms with Gasteiger partial charge in [0.05, 0.1) is 0 Å². The molecule has 1 unspecified atom stereocenters. The molecule has 4 rings (SSSR count). The molecular weight excluding hydrogens is 428 g/mol. The Hall–Kier alpha value is 1.92. The lowest BCUT2D eigenvalue weighted by atomic mass is 9.92. The van der Waals surface area contributed by atoms with Gasteiger partial charge in [0.15, 0.2) is 0 Å². The zero-order valence-corrected chi connectivity index (χ0v) is 13.3. The molecule has 4 bridgehead atoms. The van der Waals surface area contributed by atoms with Gasteiger partial charge in [0.1, 0.15) is 0 Å². The molecule has 4 heteroatoms. The second-order valence-electron chi connectivity index (χ2n) is 4.59. The van der Waals surface area contributed by atoms with Gasteiger partial charge in [0, 0.05) is 25.2 Å². The van der Waals surface area contributed by atoms with Crippen LogP contribution in [0, 0.1) is 23.2 Å². The molecule has 4 aliphatic rings. The van der Waals surface area contributed by atoms with E-state index in [-0.39, 0.29) is 0 Å². The first-order chi connectivity index (χ1) is 6.13. The average molecular weight is 438 g/mol. The maximum absolute atomic E-state index is 4.01. The Balaban J connectivity index is 2.08. The van der Waals surface area contributed by atoms with Gasteiger partial charge in [-0.15, -0.1) is 0 Å². The Morgan fingerprint density at radius 2 is 1.85 bits per heavy atom. The van der Waals surface area contributed by atoms with Crippen LogP contribution in [0.5, 0.6) is 0 Å². The van der Waals surface area contributed by atoms with E-state index in [4.69, 9.17) is 0 Å². The van der Waals surface area contributed by atoms with E-state index in [9.17, 15) is 0 Å². The zero-order chi connectivity index (χ0) is 9.43. The fourth-order valence-corrected chi connectivity index (χ4v) is 9.60. The van der Waals surface area contributed by atoms with E-state index >= 15 is 0 Å². The standard InChI is InChI=1S/C9H10Br4/c10-2-8-4-1-5(7(12)6(4)8)9(8,13)3-11/h4-7H,1-3H2/t4-,5+,6+,7?,8+,9+/m0/s1. The summed E-state index contributed by atoms with van der Waals surface area (Å²) in [7, 11) is 0. The Morgan fingerprint density at radius 3 is 2.15 bits per heavy atom. The summed E-state index contributed by atoms with van der Waals surface area (Å²) >= 11 is 15.3. The van der Waals surface area contributed by atoms with Crippen molar-refractivity contribution in [2.24, 2.45) is 23.2 Å². The summed E-state index contributed by atoms with van der Waals surface area (Å²) in [6.45, 7) is 0. The van der Waals surface area contributed by atoms with E-state index in [0.717, 1.165) is 33.2 Å². The quantitative estimate of drug-likeness (QED) is 0.574. The summed E-state index contributed by atoms with van der Waals surface area (Å²) in [5.41, 5.74) is 0.551. The molecule has 4 fully saturated rings. The lowest BCUT2D eigenvalue weighted by molar-refractivity contribution is 0.445. The van der Waals surface area contributed by atoms with E-state index in [1.807, 2.05) is 0 Å². The first kappa shape index (κ1) is 10.1. The summed E-state index contributed by atoms with van der Waals surface area (Å²) in [4.78, 5) is 0.756. The molecule has 13 heavy (non-hydrogen) atoms. The fourth-order valence-electron chi connectivity index (χ4n) is 3.96. The van der Waals surface area contributed by atoms with Gasteiger partial charge in [-0.05, 0) is 24.2 Å². The van der Waals surface area contributed by atoms with Crippen molar-refractivity contribution in [3.8, 4) is 0 Å². The minimum Gasteiger partial charge on any atom is -0.0921 e. The first-order valence-electron chi connectivity index (χ1n) is 4.58. The average Bonchev–Trinajstić information content (AvgIpc) is 2.48. The third-order valence-electron chi connectivity index (χ3n) is 4.59. The van der Waals surface area contributed by atoms with Crippen LogP contribution in [0.25, 0.3) is 0 Å². The van der Waals surface area contributed by atoms with Gasteiger partial charge in [-0.25, -0.2) is 0 Å². The van der Waals surface area contributed by atoms with Crippen molar-refractivity contribution in [3.63, 3.8) is 0 Å². The van der Waals surface area contributed by atoms with Gasteiger partial charge in [-0.3, -0.25) is 0 Å². The molecule has 0 nitrogen and oxygen atoms in total. The Bertz CT molecular complexity index is 264. The SMILES string of the molecule is BrC[C@@]12[C@H]3C[C@H](C(Br)[C@@H]31)[C@]2(Br)CBr. The zero-order valence-electron chi connectivity index (χ0n) is 6.94. The number of hydrogen-bond donors (Lipinski definition) is 0. The molecule has 0 aromatic heterocycles. The summed E-state index contributed by atoms with van der Waals surface area (Å²) in [6.07, 6.45) is 1.42. The molecule has 0 heterocycles. The van der Waals surface area contributed by atoms with E-state index in [1.165, 1.54) is 6.42 Å². The lowest BCUT2D eigenvalue weighted by Crippen LogP contribution is -2.37. The van der Waals surface area contributed by atoms with Crippen molar-refractivity contribution in [1.82, 2.24) is 0 Å². The van der Waals surface area contributed by atoms with Crippen molar-refractivity contribution < 1.29 is 0 Å². The normalized spacial score (nSPS) is 67.4. The molecule has 0 aromatic carbocycles. The maximum Gasteiger partial charge on any atom is 0.0463 e. The van der Waals surface area contributed by atoms with Crippen LogP contribution < -0.4 is 0 Å². The molecule has 0 spiro atoms. The first-order valence-corrected chi connectivity index (χ1v) is 8.53. The van der Waals surface area contributed by atoms with Crippen molar-refractivity contribution in [1.29, 1.82) is 0 Å². The minimum atomic E-state index is 0.354. The second-order valence-corrected chi connectivity index (χ2v) is 8.18. The molecule has 74 valence electrons. The highest BCUT2D eigenvalue weighted by atomic mass is 79.9. The highest BCUT2D eigenvalue weighted by molar-refractivity contribution is 9.12. The molecule has 0 aliphatic heterocycles. The number of alkyl halides is 4. The highest BCUT2D eigenvalue weighted by Gasteiger charge is 2.87. The van der Waals surface area contributed by atoms with Crippen molar-refractivity contribution >= 4 is 63.7 Å². The van der Waals surface area contributed by atoms with Crippen molar-refractivity contribution in [2.45, 2.75) is 15.6 Å². The van der Waals surface area contributed by atoms with E-state index < -0.39 is 0 Å². The third-order valence-corrected chi connectivity index (χ3v) is 9.97. The Kier molecular flexibility index (Phi) is 2.16. The summed E-state index contributed by atoms with van der Waals surface area (Å²) in [5.74, 6) is 2.73. The fraction of sp³-hybridized carbons (Fsp3) is 1.00. The van der Waals surface area contributed by atoms with Gasteiger partial charge < -0.3 is 0 Å². The monoisotopic (exact) mass is 434 g/mol. The van der Waals surface area contributed by atoms with Crippen LogP contribution in [0.1, 0.15) is 6.42 Å². The molecule has 4 aliphatic carbocycles. The van der Waals surface area contributed by atoms with Gasteiger partial charge in [-0.2, -0.15) is 0 Å². The van der Waals surface area contributed by atoms with Crippen LogP contribution in [0.15, 0.2) is 0 Å². The third kappa shape index (κ3) is 0.826. The minimum absolute atomic E-state index is 0.354.